The SMILES string of the molecule is N#Cc1cc2cccc(OCc3cccc(OCc4ccc5ccccc5n4)c3)c2oc1=O. The van der Waals surface area contributed by atoms with Crippen LogP contribution >= 0.6 is 0 Å². The Hall–Kier alpha value is -4.63. The molecule has 0 bridgehead atoms. The molecule has 0 spiro atoms. The molecule has 0 amide bonds. The fourth-order valence-corrected chi connectivity index (χ4v) is 3.54. The van der Waals surface area contributed by atoms with Gasteiger partial charge < -0.3 is 13.9 Å². The molecule has 6 heteroatoms. The Labute approximate surface area is 189 Å². The Balaban J connectivity index is 1.29. The van der Waals surface area contributed by atoms with E-state index in [1.54, 1.807) is 18.2 Å². The number of fused-ring (bicyclic) bond motifs is 2. The lowest BCUT2D eigenvalue weighted by Crippen LogP contribution is -2.04. The van der Waals surface area contributed by atoms with Gasteiger partial charge in [0.05, 0.1) is 11.2 Å². The molecule has 5 aromatic rings. The number of hydrogen-bond acceptors (Lipinski definition) is 6. The topological polar surface area (TPSA) is 85.3 Å². The van der Waals surface area contributed by atoms with E-state index in [1.165, 1.54) is 6.07 Å². The van der Waals surface area contributed by atoms with E-state index in [-0.39, 0.29) is 12.2 Å². The molecule has 2 heterocycles. The molecule has 2 aromatic heterocycles. The molecule has 0 saturated carbocycles. The summed E-state index contributed by atoms with van der Waals surface area (Å²) in [6.45, 7) is 0.610. The van der Waals surface area contributed by atoms with Crippen molar-refractivity contribution in [2.75, 3.05) is 0 Å². The van der Waals surface area contributed by atoms with Crippen molar-refractivity contribution in [2.45, 2.75) is 13.2 Å². The van der Waals surface area contributed by atoms with Crippen LogP contribution in [-0.4, -0.2) is 4.98 Å². The number of aromatic nitrogens is 1. The summed E-state index contributed by atoms with van der Waals surface area (Å²) >= 11 is 0. The lowest BCUT2D eigenvalue weighted by atomic mass is 10.2. The Bertz CT molecular complexity index is 1570. The van der Waals surface area contributed by atoms with Gasteiger partial charge in [-0.3, -0.25) is 0 Å². The number of para-hydroxylation sites is 2. The highest BCUT2D eigenvalue weighted by atomic mass is 16.5. The zero-order chi connectivity index (χ0) is 22.6. The van der Waals surface area contributed by atoms with Crippen LogP contribution in [0.5, 0.6) is 11.5 Å². The molecule has 0 radical (unpaired) electrons. The van der Waals surface area contributed by atoms with Gasteiger partial charge in [0.1, 0.15) is 30.6 Å². The van der Waals surface area contributed by atoms with Crippen LogP contribution in [0, 0.1) is 11.3 Å². The Morgan fingerprint density at radius 1 is 0.848 bits per heavy atom. The van der Waals surface area contributed by atoms with E-state index >= 15 is 0 Å². The summed E-state index contributed by atoms with van der Waals surface area (Å²) in [5, 5.41) is 10.8. The van der Waals surface area contributed by atoms with Gasteiger partial charge in [0.15, 0.2) is 11.3 Å². The highest BCUT2D eigenvalue weighted by Crippen LogP contribution is 2.26. The number of ether oxygens (including phenoxy) is 2. The maximum absolute atomic E-state index is 11.9. The molecule has 5 rings (SSSR count). The summed E-state index contributed by atoms with van der Waals surface area (Å²) in [7, 11) is 0. The fourth-order valence-electron chi connectivity index (χ4n) is 3.54. The number of pyridine rings is 1. The maximum Gasteiger partial charge on any atom is 0.354 e. The highest BCUT2D eigenvalue weighted by molar-refractivity contribution is 5.83. The summed E-state index contributed by atoms with van der Waals surface area (Å²) in [6, 6.07) is 28.2. The van der Waals surface area contributed by atoms with E-state index in [1.807, 2.05) is 66.7 Å². The zero-order valence-corrected chi connectivity index (χ0v) is 17.5. The van der Waals surface area contributed by atoms with E-state index in [0.717, 1.165) is 22.2 Å². The first-order chi connectivity index (χ1) is 16.2. The van der Waals surface area contributed by atoms with E-state index < -0.39 is 5.63 Å². The Morgan fingerprint density at radius 3 is 2.61 bits per heavy atom. The number of rotatable bonds is 6. The van der Waals surface area contributed by atoms with E-state index in [0.29, 0.717) is 29.1 Å². The van der Waals surface area contributed by atoms with Crippen molar-refractivity contribution < 1.29 is 13.9 Å². The highest BCUT2D eigenvalue weighted by Gasteiger charge is 2.10. The molecule has 0 atom stereocenters. The average molecular weight is 434 g/mol. The summed E-state index contributed by atoms with van der Waals surface area (Å²) in [4.78, 5) is 16.6. The number of benzene rings is 3. The predicted octanol–water partition coefficient (Wildman–Crippen LogP) is 5.37. The van der Waals surface area contributed by atoms with Gasteiger partial charge in [-0.2, -0.15) is 5.26 Å². The normalized spacial score (nSPS) is 10.8. The van der Waals surface area contributed by atoms with Crippen molar-refractivity contribution in [1.29, 1.82) is 5.26 Å². The van der Waals surface area contributed by atoms with Crippen LogP contribution < -0.4 is 15.1 Å². The first-order valence-electron chi connectivity index (χ1n) is 10.4. The van der Waals surface area contributed by atoms with Crippen LogP contribution in [0.3, 0.4) is 0 Å². The molecule has 160 valence electrons. The van der Waals surface area contributed by atoms with Crippen LogP contribution in [0.2, 0.25) is 0 Å². The number of hydrogen-bond donors (Lipinski definition) is 0. The zero-order valence-electron chi connectivity index (χ0n) is 17.5. The summed E-state index contributed by atoms with van der Waals surface area (Å²) in [5.74, 6) is 1.13. The quantitative estimate of drug-likeness (QED) is 0.334. The van der Waals surface area contributed by atoms with Crippen molar-refractivity contribution in [3.05, 3.63) is 112 Å². The molecule has 3 aromatic carbocycles. The molecular formula is C27H18N2O4. The molecule has 0 unspecified atom stereocenters. The molecule has 33 heavy (non-hydrogen) atoms. The molecule has 6 nitrogen and oxygen atoms in total. The second kappa shape index (κ2) is 8.85. The van der Waals surface area contributed by atoms with E-state index in [9.17, 15) is 4.79 Å². The summed E-state index contributed by atoms with van der Waals surface area (Å²) < 4.78 is 17.2. The third kappa shape index (κ3) is 4.39. The molecule has 0 aliphatic rings. The lowest BCUT2D eigenvalue weighted by molar-refractivity contribution is 0.293. The van der Waals surface area contributed by atoms with Crippen LogP contribution in [0.4, 0.5) is 0 Å². The van der Waals surface area contributed by atoms with Gasteiger partial charge in [0.2, 0.25) is 0 Å². The minimum absolute atomic E-state index is 0.0367. The van der Waals surface area contributed by atoms with Gasteiger partial charge in [0.25, 0.3) is 0 Å². The largest absolute Gasteiger partial charge is 0.487 e. The molecular weight excluding hydrogens is 416 g/mol. The minimum atomic E-state index is -0.682. The summed E-state index contributed by atoms with van der Waals surface area (Å²) in [5.41, 5.74) is 2.27. The van der Waals surface area contributed by atoms with Gasteiger partial charge in [0, 0.05) is 10.8 Å². The van der Waals surface area contributed by atoms with Crippen molar-refractivity contribution in [1.82, 2.24) is 4.98 Å². The minimum Gasteiger partial charge on any atom is -0.487 e. The van der Waals surface area contributed by atoms with Crippen LogP contribution in [0.25, 0.3) is 21.9 Å². The van der Waals surface area contributed by atoms with Gasteiger partial charge in [-0.1, -0.05) is 48.5 Å². The molecule has 0 N–H and O–H groups in total. The van der Waals surface area contributed by atoms with Gasteiger partial charge in [-0.25, -0.2) is 9.78 Å². The first kappa shape index (κ1) is 20.3. The molecule has 0 saturated heterocycles. The van der Waals surface area contributed by atoms with Crippen LogP contribution in [-0.2, 0) is 13.2 Å². The van der Waals surface area contributed by atoms with Crippen LogP contribution in [0.15, 0.2) is 94.1 Å². The average Bonchev–Trinajstić information content (AvgIpc) is 2.86. The Morgan fingerprint density at radius 2 is 1.70 bits per heavy atom. The van der Waals surface area contributed by atoms with Crippen molar-refractivity contribution >= 4 is 21.9 Å². The third-order valence-electron chi connectivity index (χ3n) is 5.18. The lowest BCUT2D eigenvalue weighted by Gasteiger charge is -2.10. The number of nitrogens with zero attached hydrogens (tertiary/aromatic N) is 2. The predicted molar refractivity (Wildman–Crippen MR) is 124 cm³/mol. The van der Waals surface area contributed by atoms with Gasteiger partial charge >= 0.3 is 5.63 Å². The van der Waals surface area contributed by atoms with Gasteiger partial charge in [-0.15, -0.1) is 0 Å². The monoisotopic (exact) mass is 434 g/mol. The molecule has 0 aliphatic carbocycles. The Kier molecular flexibility index (Phi) is 5.44. The van der Waals surface area contributed by atoms with E-state index in [2.05, 4.69) is 4.98 Å². The van der Waals surface area contributed by atoms with Crippen molar-refractivity contribution in [2.24, 2.45) is 0 Å². The first-order valence-corrected chi connectivity index (χ1v) is 10.4. The smallest absolute Gasteiger partial charge is 0.354 e. The van der Waals surface area contributed by atoms with Gasteiger partial charge in [-0.05, 0) is 42.0 Å². The van der Waals surface area contributed by atoms with Crippen LogP contribution in [0.1, 0.15) is 16.8 Å². The molecule has 0 fully saturated rings. The third-order valence-corrected chi connectivity index (χ3v) is 5.18. The van der Waals surface area contributed by atoms with E-state index in [4.69, 9.17) is 19.2 Å². The standard InChI is InChI=1S/C27H18N2O4/c28-15-21-14-20-7-4-10-25(26(20)33-27(21)30)32-16-18-5-3-8-23(13-18)31-17-22-12-11-19-6-1-2-9-24(19)29-22/h1-14H,16-17H2. The molecule has 0 aliphatic heterocycles. The van der Waals surface area contributed by atoms with Crippen molar-refractivity contribution in [3.8, 4) is 17.6 Å². The fraction of sp³-hybridized carbons (Fsp3) is 0.0741. The second-order valence-electron chi connectivity index (χ2n) is 7.45. The van der Waals surface area contributed by atoms with Crippen molar-refractivity contribution in [3.63, 3.8) is 0 Å². The summed E-state index contributed by atoms with van der Waals surface area (Å²) in [6.07, 6.45) is 0. The number of nitriles is 1. The maximum atomic E-state index is 11.9. The second-order valence-corrected chi connectivity index (χ2v) is 7.45.